The molecule has 7 nitrogen and oxygen atoms in total. The number of rotatable bonds is 5. The zero-order chi connectivity index (χ0) is 18.6. The van der Waals surface area contributed by atoms with Gasteiger partial charge in [0.05, 0.1) is 20.3 Å². The number of benzene rings is 1. The van der Waals surface area contributed by atoms with Gasteiger partial charge in [0.25, 0.3) is 11.8 Å². The molecule has 0 unspecified atom stereocenters. The molecule has 0 amide bonds. The van der Waals surface area contributed by atoms with Gasteiger partial charge >= 0.3 is 0 Å². The molecule has 2 aliphatic rings. The summed E-state index contributed by atoms with van der Waals surface area (Å²) in [5.41, 5.74) is 1.78. The first-order chi connectivity index (χ1) is 13.3. The smallest absolute Gasteiger partial charge is 0.266 e. The third-order valence-corrected chi connectivity index (χ3v) is 5.43. The van der Waals surface area contributed by atoms with E-state index < -0.39 is 0 Å². The van der Waals surface area contributed by atoms with E-state index in [0.717, 1.165) is 69.1 Å². The fourth-order valence-corrected chi connectivity index (χ4v) is 3.85. The van der Waals surface area contributed by atoms with Gasteiger partial charge in [-0.1, -0.05) is 18.7 Å². The van der Waals surface area contributed by atoms with Crippen LogP contribution in [-0.2, 0) is 4.74 Å². The minimum absolute atomic E-state index is 0.509. The van der Waals surface area contributed by atoms with E-state index in [1.807, 2.05) is 18.2 Å². The van der Waals surface area contributed by atoms with Crippen LogP contribution in [-0.4, -0.2) is 67.6 Å². The maximum Gasteiger partial charge on any atom is 0.266 e. The Bertz CT molecular complexity index is 777. The molecular weight excluding hydrogens is 344 g/mol. The summed E-state index contributed by atoms with van der Waals surface area (Å²) >= 11 is 0. The summed E-state index contributed by atoms with van der Waals surface area (Å²) in [5.74, 6) is 1.92. The van der Waals surface area contributed by atoms with Crippen LogP contribution < -0.4 is 9.64 Å². The number of hydrogen-bond acceptors (Lipinski definition) is 7. The number of aromatic nitrogens is 2. The Morgan fingerprint density at radius 1 is 1.19 bits per heavy atom. The van der Waals surface area contributed by atoms with Crippen molar-refractivity contribution < 1.29 is 14.0 Å². The van der Waals surface area contributed by atoms with Crippen molar-refractivity contribution in [2.45, 2.75) is 18.9 Å². The molecule has 2 aromatic rings. The van der Waals surface area contributed by atoms with Gasteiger partial charge in [-0.25, -0.2) is 0 Å². The third-order valence-electron chi connectivity index (χ3n) is 5.43. The fourth-order valence-electron chi connectivity index (χ4n) is 3.85. The van der Waals surface area contributed by atoms with Gasteiger partial charge in [0.1, 0.15) is 5.75 Å². The SMILES string of the molecule is C=Cc1ccc(-c2nc(N3CCC(N4CCOCC4)CC3)no2)cc1OC. The molecule has 0 N–H and O–H groups in total. The van der Waals surface area contributed by atoms with E-state index in [2.05, 4.69) is 26.5 Å². The number of piperidine rings is 1. The minimum atomic E-state index is 0.509. The summed E-state index contributed by atoms with van der Waals surface area (Å²) in [4.78, 5) is 9.36. The van der Waals surface area contributed by atoms with E-state index >= 15 is 0 Å². The molecule has 27 heavy (non-hydrogen) atoms. The zero-order valence-electron chi connectivity index (χ0n) is 15.8. The highest BCUT2D eigenvalue weighted by Gasteiger charge is 2.27. The fraction of sp³-hybridized carbons (Fsp3) is 0.500. The van der Waals surface area contributed by atoms with Crippen LogP contribution in [0.15, 0.2) is 29.3 Å². The number of hydrogen-bond donors (Lipinski definition) is 0. The summed E-state index contributed by atoms with van der Waals surface area (Å²) in [5, 5.41) is 4.20. The van der Waals surface area contributed by atoms with Gasteiger partial charge in [-0.3, -0.25) is 4.90 Å². The molecule has 7 heteroatoms. The van der Waals surface area contributed by atoms with E-state index in [0.29, 0.717) is 17.9 Å². The number of methoxy groups -OCH3 is 1. The molecule has 0 bridgehead atoms. The monoisotopic (exact) mass is 370 g/mol. The Hall–Kier alpha value is -2.38. The molecule has 0 spiro atoms. The maximum absolute atomic E-state index is 5.51. The molecule has 2 saturated heterocycles. The number of nitrogens with zero attached hydrogens (tertiary/aromatic N) is 4. The van der Waals surface area contributed by atoms with Gasteiger partial charge in [0.2, 0.25) is 0 Å². The Morgan fingerprint density at radius 2 is 1.96 bits per heavy atom. The number of anilines is 1. The highest BCUT2D eigenvalue weighted by molar-refractivity contribution is 5.65. The lowest BCUT2D eigenvalue weighted by molar-refractivity contribution is 0.0114. The van der Waals surface area contributed by atoms with Crippen LogP contribution in [0.2, 0.25) is 0 Å². The van der Waals surface area contributed by atoms with Crippen molar-refractivity contribution in [3.05, 3.63) is 30.3 Å². The summed E-state index contributed by atoms with van der Waals surface area (Å²) < 4.78 is 16.4. The van der Waals surface area contributed by atoms with Gasteiger partial charge in [-0.2, -0.15) is 4.98 Å². The van der Waals surface area contributed by atoms with Crippen molar-refractivity contribution in [1.82, 2.24) is 15.0 Å². The largest absolute Gasteiger partial charge is 0.496 e. The van der Waals surface area contributed by atoms with Crippen LogP contribution in [0.1, 0.15) is 18.4 Å². The van der Waals surface area contributed by atoms with Crippen molar-refractivity contribution >= 4 is 12.0 Å². The zero-order valence-corrected chi connectivity index (χ0v) is 15.8. The number of ether oxygens (including phenoxy) is 2. The van der Waals surface area contributed by atoms with Crippen LogP contribution in [0.4, 0.5) is 5.95 Å². The van der Waals surface area contributed by atoms with Crippen LogP contribution in [0.25, 0.3) is 17.5 Å². The molecule has 144 valence electrons. The van der Waals surface area contributed by atoms with Crippen molar-refractivity contribution in [3.63, 3.8) is 0 Å². The second-order valence-corrected chi connectivity index (χ2v) is 6.93. The van der Waals surface area contributed by atoms with Crippen molar-refractivity contribution in [1.29, 1.82) is 0 Å². The first kappa shape index (κ1) is 18.0. The van der Waals surface area contributed by atoms with Crippen molar-refractivity contribution in [2.24, 2.45) is 0 Å². The highest BCUT2D eigenvalue weighted by Crippen LogP contribution is 2.29. The molecule has 1 aromatic heterocycles. The Labute approximate surface area is 159 Å². The van der Waals surface area contributed by atoms with Gasteiger partial charge in [-0.05, 0) is 30.1 Å². The van der Waals surface area contributed by atoms with E-state index in [9.17, 15) is 0 Å². The van der Waals surface area contributed by atoms with Crippen LogP contribution in [0, 0.1) is 0 Å². The molecule has 0 radical (unpaired) electrons. The van der Waals surface area contributed by atoms with Crippen molar-refractivity contribution in [3.8, 4) is 17.2 Å². The normalized spacial score (nSPS) is 19.2. The third kappa shape index (κ3) is 3.84. The maximum atomic E-state index is 5.51. The van der Waals surface area contributed by atoms with Crippen molar-refractivity contribution in [2.75, 3.05) is 51.4 Å². The lowest BCUT2D eigenvalue weighted by Crippen LogP contribution is -2.49. The molecule has 1 aromatic carbocycles. The molecule has 4 rings (SSSR count). The van der Waals surface area contributed by atoms with Crippen LogP contribution in [0.3, 0.4) is 0 Å². The lowest BCUT2D eigenvalue weighted by atomic mass is 10.0. The van der Waals surface area contributed by atoms with Gasteiger partial charge in [-0.15, -0.1) is 0 Å². The summed E-state index contributed by atoms with van der Waals surface area (Å²) in [6.45, 7) is 9.47. The second kappa shape index (κ2) is 8.10. The Balaban J connectivity index is 1.42. The molecule has 2 fully saturated rings. The van der Waals surface area contributed by atoms with E-state index in [4.69, 9.17) is 14.0 Å². The quantitative estimate of drug-likeness (QED) is 0.802. The number of morpholine rings is 1. The molecule has 0 atom stereocenters. The van der Waals surface area contributed by atoms with E-state index in [-0.39, 0.29) is 0 Å². The predicted octanol–water partition coefficient (Wildman–Crippen LogP) is 2.69. The van der Waals surface area contributed by atoms with E-state index in [1.54, 1.807) is 13.2 Å². The van der Waals surface area contributed by atoms with Gasteiger partial charge in [0, 0.05) is 43.3 Å². The first-order valence-electron chi connectivity index (χ1n) is 9.50. The lowest BCUT2D eigenvalue weighted by Gasteiger charge is -2.39. The highest BCUT2D eigenvalue weighted by atomic mass is 16.5. The van der Waals surface area contributed by atoms with E-state index in [1.165, 1.54) is 0 Å². The summed E-state index contributed by atoms with van der Waals surface area (Å²) in [7, 11) is 1.64. The average Bonchev–Trinajstić information content (AvgIpc) is 3.24. The first-order valence-corrected chi connectivity index (χ1v) is 9.50. The topological polar surface area (TPSA) is 63.9 Å². The predicted molar refractivity (Wildman–Crippen MR) is 104 cm³/mol. The van der Waals surface area contributed by atoms with Gasteiger partial charge in [0.15, 0.2) is 0 Å². The molecular formula is C20H26N4O3. The average molecular weight is 370 g/mol. The summed E-state index contributed by atoms with van der Waals surface area (Å²) in [6, 6.07) is 6.42. The van der Waals surface area contributed by atoms with Gasteiger partial charge < -0.3 is 18.9 Å². The molecule has 0 aliphatic carbocycles. The van der Waals surface area contributed by atoms with Crippen LogP contribution >= 0.6 is 0 Å². The summed E-state index contributed by atoms with van der Waals surface area (Å²) in [6.07, 6.45) is 4.00. The Kier molecular flexibility index (Phi) is 5.40. The Morgan fingerprint density at radius 3 is 2.67 bits per heavy atom. The molecule has 3 heterocycles. The minimum Gasteiger partial charge on any atom is -0.496 e. The second-order valence-electron chi connectivity index (χ2n) is 6.93. The molecule has 2 aliphatic heterocycles. The molecule has 0 saturated carbocycles. The van der Waals surface area contributed by atoms with Crippen LogP contribution in [0.5, 0.6) is 5.75 Å². The standard InChI is InChI=1S/C20H26N4O3/c1-3-15-4-5-16(14-18(15)25-2)19-21-20(22-27-19)24-8-6-17(7-9-24)23-10-12-26-13-11-23/h3-5,14,17H,1,6-13H2,2H3.